The van der Waals surface area contributed by atoms with Crippen molar-refractivity contribution in [2.75, 3.05) is 0 Å². The van der Waals surface area contributed by atoms with E-state index < -0.39 is 16.5 Å². The molecule has 0 atom stereocenters. The van der Waals surface area contributed by atoms with E-state index in [4.69, 9.17) is 0 Å². The SMILES string of the molecule is O=C1C(=O)c2c(cccc2[N+](=O)[O-])-c2ccccc21. The van der Waals surface area contributed by atoms with Gasteiger partial charge in [-0.1, -0.05) is 36.4 Å². The molecule has 1 aliphatic carbocycles. The van der Waals surface area contributed by atoms with Gasteiger partial charge in [0.1, 0.15) is 5.56 Å². The summed E-state index contributed by atoms with van der Waals surface area (Å²) in [5.41, 5.74) is 0.849. The fraction of sp³-hybridized carbons (Fsp3) is 0. The Hall–Kier alpha value is -2.82. The first-order valence-corrected chi connectivity index (χ1v) is 5.57. The fourth-order valence-corrected chi connectivity index (χ4v) is 2.31. The Morgan fingerprint density at radius 2 is 1.42 bits per heavy atom. The van der Waals surface area contributed by atoms with E-state index in [9.17, 15) is 19.7 Å². The number of hydrogen-bond donors (Lipinski definition) is 0. The zero-order chi connectivity index (χ0) is 13.6. The minimum Gasteiger partial charge on any atom is -0.285 e. The summed E-state index contributed by atoms with van der Waals surface area (Å²) in [4.78, 5) is 34.4. The molecule has 0 aromatic heterocycles. The van der Waals surface area contributed by atoms with Crippen LogP contribution in [-0.2, 0) is 0 Å². The topological polar surface area (TPSA) is 77.3 Å². The zero-order valence-electron chi connectivity index (χ0n) is 9.62. The van der Waals surface area contributed by atoms with Crippen LogP contribution in [0.4, 0.5) is 5.69 Å². The largest absolute Gasteiger partial charge is 0.285 e. The Kier molecular flexibility index (Phi) is 2.28. The maximum atomic E-state index is 12.1. The number of benzene rings is 2. The number of carbonyl (C=O) groups excluding carboxylic acids is 2. The molecular weight excluding hydrogens is 246 g/mol. The smallest absolute Gasteiger partial charge is 0.281 e. The summed E-state index contributed by atoms with van der Waals surface area (Å²) in [5.74, 6) is -1.52. The van der Waals surface area contributed by atoms with E-state index >= 15 is 0 Å². The first-order chi connectivity index (χ1) is 9.11. The molecule has 92 valence electrons. The standard InChI is InChI=1S/C14H7NO4/c16-13-10-5-2-1-4-8(10)9-6-3-7-11(15(18)19)12(9)14(13)17/h1-7H. The van der Waals surface area contributed by atoms with Gasteiger partial charge >= 0.3 is 0 Å². The number of nitro groups is 1. The molecule has 2 aromatic rings. The molecule has 2 aromatic carbocycles. The molecule has 5 heteroatoms. The third-order valence-electron chi connectivity index (χ3n) is 3.13. The highest BCUT2D eigenvalue weighted by atomic mass is 16.6. The van der Waals surface area contributed by atoms with Crippen LogP contribution in [0.15, 0.2) is 42.5 Å². The van der Waals surface area contributed by atoms with E-state index in [1.807, 2.05) is 0 Å². The molecule has 1 aliphatic rings. The predicted octanol–water partition coefficient (Wildman–Crippen LogP) is 2.64. The van der Waals surface area contributed by atoms with Gasteiger partial charge in [0, 0.05) is 17.2 Å². The molecule has 0 fully saturated rings. The van der Waals surface area contributed by atoms with Gasteiger partial charge in [-0.15, -0.1) is 0 Å². The van der Waals surface area contributed by atoms with Crippen LogP contribution in [0, 0.1) is 10.1 Å². The zero-order valence-corrected chi connectivity index (χ0v) is 9.62. The number of rotatable bonds is 1. The molecule has 0 heterocycles. The molecular formula is C14H7NO4. The van der Waals surface area contributed by atoms with E-state index in [2.05, 4.69) is 0 Å². The number of carbonyl (C=O) groups is 2. The second-order valence-electron chi connectivity index (χ2n) is 4.16. The highest BCUT2D eigenvalue weighted by Crippen LogP contribution is 2.37. The van der Waals surface area contributed by atoms with Gasteiger partial charge in [-0.2, -0.15) is 0 Å². The normalized spacial score (nSPS) is 12.8. The average Bonchev–Trinajstić information content (AvgIpc) is 2.44. The lowest BCUT2D eigenvalue weighted by Crippen LogP contribution is -2.22. The van der Waals surface area contributed by atoms with Crippen LogP contribution in [0.3, 0.4) is 0 Å². The van der Waals surface area contributed by atoms with Crippen molar-refractivity contribution < 1.29 is 14.5 Å². The minimum absolute atomic E-state index is 0.115. The van der Waals surface area contributed by atoms with Gasteiger partial charge in [-0.3, -0.25) is 19.7 Å². The predicted molar refractivity (Wildman–Crippen MR) is 67.2 cm³/mol. The summed E-state index contributed by atoms with van der Waals surface area (Å²) < 4.78 is 0. The summed E-state index contributed by atoms with van der Waals surface area (Å²) in [6.45, 7) is 0. The van der Waals surface area contributed by atoms with Gasteiger partial charge < -0.3 is 0 Å². The van der Waals surface area contributed by atoms with Crippen molar-refractivity contribution in [1.82, 2.24) is 0 Å². The molecule has 0 saturated heterocycles. The molecule has 5 nitrogen and oxygen atoms in total. The van der Waals surface area contributed by atoms with Gasteiger partial charge in [-0.05, 0) is 5.56 Å². The number of hydrogen-bond acceptors (Lipinski definition) is 4. The Balaban J connectivity index is 2.42. The van der Waals surface area contributed by atoms with Crippen molar-refractivity contribution in [3.05, 3.63) is 63.7 Å². The molecule has 0 radical (unpaired) electrons. The van der Waals surface area contributed by atoms with Crippen LogP contribution in [-0.4, -0.2) is 16.5 Å². The van der Waals surface area contributed by atoms with Crippen molar-refractivity contribution in [2.24, 2.45) is 0 Å². The maximum absolute atomic E-state index is 12.1. The first kappa shape index (κ1) is 11.3. The number of ketones is 2. The number of fused-ring (bicyclic) bond motifs is 3. The lowest BCUT2D eigenvalue weighted by molar-refractivity contribution is -0.385. The number of Topliss-reactive ketones (excluding diaryl/α,β-unsaturated/α-hetero) is 2. The van der Waals surface area contributed by atoms with Gasteiger partial charge in [-0.25, -0.2) is 0 Å². The van der Waals surface area contributed by atoms with Crippen LogP contribution >= 0.6 is 0 Å². The molecule has 0 unspecified atom stereocenters. The molecule has 0 amide bonds. The minimum atomic E-state index is -0.819. The van der Waals surface area contributed by atoms with Crippen LogP contribution in [0.25, 0.3) is 11.1 Å². The molecule has 3 rings (SSSR count). The van der Waals surface area contributed by atoms with Gasteiger partial charge in [0.15, 0.2) is 0 Å². The van der Waals surface area contributed by atoms with Crippen LogP contribution in [0.1, 0.15) is 20.7 Å². The highest BCUT2D eigenvalue weighted by Gasteiger charge is 2.35. The first-order valence-electron chi connectivity index (χ1n) is 5.57. The summed E-state index contributed by atoms with van der Waals surface area (Å²) in [5, 5.41) is 11.0. The van der Waals surface area contributed by atoms with Crippen molar-refractivity contribution in [2.45, 2.75) is 0 Å². The second-order valence-corrected chi connectivity index (χ2v) is 4.16. The quantitative estimate of drug-likeness (QED) is 0.444. The fourth-order valence-electron chi connectivity index (χ4n) is 2.31. The average molecular weight is 253 g/mol. The van der Waals surface area contributed by atoms with Crippen molar-refractivity contribution in [1.29, 1.82) is 0 Å². The third-order valence-corrected chi connectivity index (χ3v) is 3.13. The van der Waals surface area contributed by atoms with Crippen molar-refractivity contribution in [3.63, 3.8) is 0 Å². The molecule has 0 N–H and O–H groups in total. The van der Waals surface area contributed by atoms with E-state index in [0.29, 0.717) is 16.7 Å². The molecule has 19 heavy (non-hydrogen) atoms. The number of nitrogens with zero attached hydrogens (tertiary/aromatic N) is 1. The Bertz CT molecular complexity index is 749. The van der Waals surface area contributed by atoms with Crippen LogP contribution in [0.2, 0.25) is 0 Å². The number of nitro benzene ring substituents is 1. The summed E-state index contributed by atoms with van der Waals surface area (Å²) in [7, 11) is 0. The third kappa shape index (κ3) is 1.48. The van der Waals surface area contributed by atoms with E-state index in [1.165, 1.54) is 12.1 Å². The highest BCUT2D eigenvalue weighted by molar-refractivity contribution is 6.53. The van der Waals surface area contributed by atoms with Gasteiger partial charge in [0.05, 0.1) is 4.92 Å². The Labute approximate surface area is 107 Å². The van der Waals surface area contributed by atoms with E-state index in [1.54, 1.807) is 30.3 Å². The van der Waals surface area contributed by atoms with Gasteiger partial charge in [0.2, 0.25) is 11.6 Å². The Morgan fingerprint density at radius 1 is 0.789 bits per heavy atom. The van der Waals surface area contributed by atoms with Crippen molar-refractivity contribution >= 4 is 17.3 Å². The lowest BCUT2D eigenvalue weighted by Gasteiger charge is -2.17. The van der Waals surface area contributed by atoms with Gasteiger partial charge in [0.25, 0.3) is 5.69 Å². The molecule has 0 saturated carbocycles. The van der Waals surface area contributed by atoms with E-state index in [-0.39, 0.29) is 11.3 Å². The van der Waals surface area contributed by atoms with Crippen LogP contribution in [0.5, 0.6) is 0 Å². The second kappa shape index (κ2) is 3.84. The lowest BCUT2D eigenvalue weighted by atomic mass is 9.83. The summed E-state index contributed by atoms with van der Waals surface area (Å²) in [6, 6.07) is 11.0. The van der Waals surface area contributed by atoms with Crippen LogP contribution < -0.4 is 0 Å². The van der Waals surface area contributed by atoms with Crippen molar-refractivity contribution in [3.8, 4) is 11.1 Å². The van der Waals surface area contributed by atoms with E-state index in [0.717, 1.165) is 0 Å². The monoisotopic (exact) mass is 253 g/mol. The summed E-state index contributed by atoms with van der Waals surface area (Å²) >= 11 is 0. The molecule has 0 aliphatic heterocycles. The molecule has 0 bridgehead atoms. The Morgan fingerprint density at radius 3 is 2.11 bits per heavy atom. The molecule has 0 spiro atoms. The maximum Gasteiger partial charge on any atom is 0.281 e. The summed E-state index contributed by atoms with van der Waals surface area (Å²) in [6.07, 6.45) is 0.